The number of hydrogen-bond acceptors (Lipinski definition) is 5. The molecule has 0 spiro atoms. The Labute approximate surface area is 159 Å². The number of carbonyl (C=O) groups is 1. The molecule has 1 N–H and O–H groups in total. The van der Waals surface area contributed by atoms with Crippen LogP contribution in [0.2, 0.25) is 0 Å². The van der Waals surface area contributed by atoms with Gasteiger partial charge < -0.3 is 15.0 Å². The molecule has 0 aliphatic carbocycles. The molecule has 1 fully saturated rings. The van der Waals surface area contributed by atoms with Crippen LogP contribution in [0.25, 0.3) is 0 Å². The maximum atomic E-state index is 13.0. The van der Waals surface area contributed by atoms with Gasteiger partial charge in [0.05, 0.1) is 5.69 Å². The van der Waals surface area contributed by atoms with Crippen LogP contribution in [0.4, 0.5) is 0 Å². The van der Waals surface area contributed by atoms with E-state index in [0.717, 1.165) is 66.3 Å². The van der Waals surface area contributed by atoms with Gasteiger partial charge in [-0.25, -0.2) is 9.97 Å². The topological polar surface area (TPSA) is 67.4 Å². The van der Waals surface area contributed by atoms with E-state index < -0.39 is 0 Å². The number of aromatic nitrogens is 2. The van der Waals surface area contributed by atoms with Crippen LogP contribution in [0, 0.1) is 0 Å². The molecule has 1 amide bonds. The smallest absolute Gasteiger partial charge is 0.254 e. The fourth-order valence-corrected chi connectivity index (χ4v) is 4.31. The number of carbonyl (C=O) groups excluding carboxylic acids is 1. The van der Waals surface area contributed by atoms with Gasteiger partial charge >= 0.3 is 0 Å². The van der Waals surface area contributed by atoms with Gasteiger partial charge in [0, 0.05) is 55.7 Å². The molecule has 6 heteroatoms. The average molecular weight is 364 g/mol. The molecule has 3 aliphatic heterocycles. The Bertz CT molecular complexity index is 892. The molecular formula is C21H24N4O2. The van der Waals surface area contributed by atoms with E-state index in [1.165, 1.54) is 0 Å². The Morgan fingerprint density at radius 2 is 2.26 bits per heavy atom. The molecule has 1 aromatic heterocycles. The number of fused-ring (bicyclic) bond motifs is 2. The number of ether oxygens (including phenoxy) is 1. The maximum Gasteiger partial charge on any atom is 0.254 e. The lowest BCUT2D eigenvalue weighted by atomic mass is 10.0. The number of nitrogens with one attached hydrogen (secondary N) is 1. The standard InChI is InChI=1S/C21H24N4O2/c1-13-8-16-9-14(2-3-19(16)27-13)21(26)25-7-5-18-17(12-25)11-23-20(24-18)15-4-6-22-10-15/h2-3,9,11,13,15,22H,4-8,10,12H2,1H3. The van der Waals surface area contributed by atoms with Crippen molar-refractivity contribution in [3.8, 4) is 5.75 Å². The molecule has 2 atom stereocenters. The van der Waals surface area contributed by atoms with E-state index in [1.807, 2.05) is 29.3 Å². The number of rotatable bonds is 2. The van der Waals surface area contributed by atoms with Crippen LogP contribution < -0.4 is 10.1 Å². The van der Waals surface area contributed by atoms with Gasteiger partial charge in [-0.3, -0.25) is 4.79 Å². The molecule has 1 saturated heterocycles. The first-order valence-corrected chi connectivity index (χ1v) is 9.81. The minimum Gasteiger partial charge on any atom is -0.490 e. The first kappa shape index (κ1) is 16.7. The second-order valence-electron chi connectivity index (χ2n) is 7.82. The highest BCUT2D eigenvalue weighted by Crippen LogP contribution is 2.30. The van der Waals surface area contributed by atoms with Gasteiger partial charge in [0.2, 0.25) is 0 Å². The minimum atomic E-state index is 0.0760. The average Bonchev–Trinajstić information content (AvgIpc) is 3.34. The van der Waals surface area contributed by atoms with Crippen molar-refractivity contribution in [3.63, 3.8) is 0 Å². The van der Waals surface area contributed by atoms with Crippen LogP contribution in [-0.2, 0) is 19.4 Å². The van der Waals surface area contributed by atoms with E-state index in [-0.39, 0.29) is 12.0 Å². The van der Waals surface area contributed by atoms with E-state index in [9.17, 15) is 4.79 Å². The first-order valence-electron chi connectivity index (χ1n) is 9.81. The van der Waals surface area contributed by atoms with Gasteiger partial charge in [-0.2, -0.15) is 0 Å². The van der Waals surface area contributed by atoms with Crippen molar-refractivity contribution in [3.05, 3.63) is 52.6 Å². The SMILES string of the molecule is CC1Cc2cc(C(=O)N3CCc4nc(C5CCNC5)ncc4C3)ccc2O1. The van der Waals surface area contributed by atoms with Gasteiger partial charge in [0.15, 0.2) is 0 Å². The molecule has 0 radical (unpaired) electrons. The Balaban J connectivity index is 1.33. The van der Waals surface area contributed by atoms with Gasteiger partial charge in [-0.1, -0.05) is 0 Å². The van der Waals surface area contributed by atoms with Gasteiger partial charge in [-0.05, 0) is 43.7 Å². The molecular weight excluding hydrogens is 340 g/mol. The maximum absolute atomic E-state index is 13.0. The molecule has 27 heavy (non-hydrogen) atoms. The second-order valence-corrected chi connectivity index (χ2v) is 7.82. The van der Waals surface area contributed by atoms with Crippen LogP contribution in [0.1, 0.15) is 52.3 Å². The number of hydrogen-bond donors (Lipinski definition) is 1. The van der Waals surface area contributed by atoms with Crippen LogP contribution in [0.5, 0.6) is 5.75 Å². The third-order valence-electron chi connectivity index (χ3n) is 5.81. The Morgan fingerprint density at radius 1 is 1.33 bits per heavy atom. The van der Waals surface area contributed by atoms with E-state index in [1.54, 1.807) is 0 Å². The lowest BCUT2D eigenvalue weighted by molar-refractivity contribution is 0.0733. The van der Waals surface area contributed by atoms with Gasteiger partial charge in [-0.15, -0.1) is 0 Å². The fraction of sp³-hybridized carbons (Fsp3) is 0.476. The Hall–Kier alpha value is -2.47. The summed E-state index contributed by atoms with van der Waals surface area (Å²) in [6.45, 7) is 5.34. The normalized spacial score (nSPS) is 23.7. The highest BCUT2D eigenvalue weighted by molar-refractivity contribution is 5.94. The second kappa shape index (κ2) is 6.60. The number of amides is 1. The first-order chi connectivity index (χ1) is 13.2. The highest BCUT2D eigenvalue weighted by Gasteiger charge is 2.27. The highest BCUT2D eigenvalue weighted by atomic mass is 16.5. The van der Waals surface area contributed by atoms with Crippen molar-refractivity contribution < 1.29 is 9.53 Å². The summed E-state index contributed by atoms with van der Waals surface area (Å²) in [7, 11) is 0. The van der Waals surface area contributed by atoms with E-state index in [0.29, 0.717) is 19.0 Å². The Morgan fingerprint density at radius 3 is 3.11 bits per heavy atom. The van der Waals surface area contributed by atoms with E-state index in [2.05, 4.69) is 17.2 Å². The molecule has 5 rings (SSSR count). The molecule has 1 aromatic carbocycles. The zero-order chi connectivity index (χ0) is 18.4. The largest absolute Gasteiger partial charge is 0.490 e. The third kappa shape index (κ3) is 3.08. The predicted molar refractivity (Wildman–Crippen MR) is 101 cm³/mol. The summed E-state index contributed by atoms with van der Waals surface area (Å²) < 4.78 is 5.74. The van der Waals surface area contributed by atoms with Crippen LogP contribution >= 0.6 is 0 Å². The fourth-order valence-electron chi connectivity index (χ4n) is 4.31. The van der Waals surface area contributed by atoms with Gasteiger partial charge in [0.25, 0.3) is 5.91 Å². The molecule has 3 aliphatic rings. The molecule has 0 saturated carbocycles. The zero-order valence-electron chi connectivity index (χ0n) is 15.6. The van der Waals surface area contributed by atoms with E-state index in [4.69, 9.17) is 9.72 Å². The summed E-state index contributed by atoms with van der Waals surface area (Å²) >= 11 is 0. The van der Waals surface area contributed by atoms with Crippen LogP contribution in [0.3, 0.4) is 0 Å². The van der Waals surface area contributed by atoms with Crippen molar-refractivity contribution in [1.29, 1.82) is 0 Å². The molecule has 2 aromatic rings. The molecule has 0 bridgehead atoms. The Kier molecular flexibility index (Phi) is 4.08. The summed E-state index contributed by atoms with van der Waals surface area (Å²) in [6.07, 6.45) is 4.87. The third-order valence-corrected chi connectivity index (χ3v) is 5.81. The molecule has 4 heterocycles. The van der Waals surface area contributed by atoms with Gasteiger partial charge in [0.1, 0.15) is 17.7 Å². The summed E-state index contributed by atoms with van der Waals surface area (Å²) in [6, 6.07) is 5.79. The monoisotopic (exact) mass is 364 g/mol. The summed E-state index contributed by atoms with van der Waals surface area (Å²) in [5.74, 6) is 2.36. The lowest BCUT2D eigenvalue weighted by Gasteiger charge is -2.28. The zero-order valence-corrected chi connectivity index (χ0v) is 15.6. The van der Waals surface area contributed by atoms with Crippen molar-refractivity contribution in [1.82, 2.24) is 20.2 Å². The molecule has 6 nitrogen and oxygen atoms in total. The predicted octanol–water partition coefficient (Wildman–Crippen LogP) is 2.08. The lowest BCUT2D eigenvalue weighted by Crippen LogP contribution is -2.36. The summed E-state index contributed by atoms with van der Waals surface area (Å²) in [5, 5.41) is 3.37. The van der Waals surface area contributed by atoms with Crippen molar-refractivity contribution in [2.24, 2.45) is 0 Å². The van der Waals surface area contributed by atoms with Crippen LogP contribution in [0.15, 0.2) is 24.4 Å². The van der Waals surface area contributed by atoms with Crippen molar-refractivity contribution in [2.75, 3.05) is 19.6 Å². The number of benzene rings is 1. The summed E-state index contributed by atoms with van der Waals surface area (Å²) in [4.78, 5) is 24.3. The van der Waals surface area contributed by atoms with Crippen molar-refractivity contribution in [2.45, 2.75) is 44.8 Å². The summed E-state index contributed by atoms with van der Waals surface area (Å²) in [5.41, 5.74) is 4.04. The molecule has 140 valence electrons. The van der Waals surface area contributed by atoms with Crippen molar-refractivity contribution >= 4 is 5.91 Å². The minimum absolute atomic E-state index is 0.0760. The van der Waals surface area contributed by atoms with Crippen LogP contribution in [-0.4, -0.2) is 46.5 Å². The number of nitrogens with zero attached hydrogens (tertiary/aromatic N) is 3. The quantitative estimate of drug-likeness (QED) is 0.884. The van der Waals surface area contributed by atoms with E-state index >= 15 is 0 Å². The molecule has 2 unspecified atom stereocenters.